The van der Waals surface area contributed by atoms with Gasteiger partial charge in [0.15, 0.2) is 0 Å². The second-order valence-electron chi connectivity index (χ2n) is 7.84. The van der Waals surface area contributed by atoms with Crippen LogP contribution in [0.3, 0.4) is 0 Å². The van der Waals surface area contributed by atoms with E-state index in [-0.39, 0.29) is 0 Å². The summed E-state index contributed by atoms with van der Waals surface area (Å²) in [5.74, 6) is 5.20. The molecule has 2 bridgehead atoms. The molecular formula is C18H33N. The van der Waals surface area contributed by atoms with Crippen LogP contribution in [0.4, 0.5) is 0 Å². The monoisotopic (exact) mass is 263 g/mol. The fourth-order valence-corrected chi connectivity index (χ4v) is 5.36. The largest absolute Gasteiger partial charge is 0.313 e. The van der Waals surface area contributed by atoms with Gasteiger partial charge in [-0.3, -0.25) is 0 Å². The van der Waals surface area contributed by atoms with Gasteiger partial charge in [0.05, 0.1) is 0 Å². The van der Waals surface area contributed by atoms with Crippen molar-refractivity contribution in [3.05, 3.63) is 0 Å². The van der Waals surface area contributed by atoms with Crippen LogP contribution in [0, 0.1) is 29.6 Å². The lowest BCUT2D eigenvalue weighted by molar-refractivity contribution is 0.146. The second-order valence-corrected chi connectivity index (χ2v) is 7.84. The predicted octanol–water partition coefficient (Wildman–Crippen LogP) is 4.62. The molecule has 0 aromatic rings. The maximum absolute atomic E-state index is 3.98. The van der Waals surface area contributed by atoms with Crippen molar-refractivity contribution in [2.45, 2.75) is 77.7 Å². The van der Waals surface area contributed by atoms with Crippen LogP contribution < -0.4 is 5.32 Å². The third-order valence-corrected chi connectivity index (χ3v) is 6.45. The Kier molecular flexibility index (Phi) is 4.51. The molecule has 1 N–H and O–H groups in total. The van der Waals surface area contributed by atoms with Crippen molar-refractivity contribution in [2.24, 2.45) is 29.6 Å². The van der Waals surface area contributed by atoms with Gasteiger partial charge in [0.2, 0.25) is 0 Å². The van der Waals surface area contributed by atoms with Gasteiger partial charge in [0.1, 0.15) is 0 Å². The Bertz CT molecular complexity index is 279. The zero-order valence-corrected chi connectivity index (χ0v) is 13.0. The van der Waals surface area contributed by atoms with E-state index in [0.717, 1.165) is 35.6 Å². The van der Waals surface area contributed by atoms with E-state index in [0.29, 0.717) is 0 Å². The minimum Gasteiger partial charge on any atom is -0.313 e. The Hall–Kier alpha value is -0.0400. The summed E-state index contributed by atoms with van der Waals surface area (Å²) in [7, 11) is 0. The molecule has 3 aliphatic rings. The SMILES string of the molecule is CCCNC(C1CCC(C)CC1)C1CC2CCC1C2. The molecule has 4 unspecified atom stereocenters. The number of nitrogens with one attached hydrogen (secondary N) is 1. The van der Waals surface area contributed by atoms with Gasteiger partial charge in [0.25, 0.3) is 0 Å². The zero-order valence-electron chi connectivity index (χ0n) is 13.0. The molecule has 3 fully saturated rings. The van der Waals surface area contributed by atoms with Gasteiger partial charge >= 0.3 is 0 Å². The highest BCUT2D eigenvalue weighted by Crippen LogP contribution is 2.51. The Balaban J connectivity index is 1.63. The van der Waals surface area contributed by atoms with Crippen molar-refractivity contribution in [2.75, 3.05) is 6.54 Å². The Morgan fingerprint density at radius 3 is 2.37 bits per heavy atom. The number of hydrogen-bond donors (Lipinski definition) is 1. The third-order valence-electron chi connectivity index (χ3n) is 6.45. The number of fused-ring (bicyclic) bond motifs is 2. The average molecular weight is 263 g/mol. The van der Waals surface area contributed by atoms with E-state index in [1.165, 1.54) is 38.6 Å². The second kappa shape index (κ2) is 6.16. The molecule has 3 aliphatic carbocycles. The van der Waals surface area contributed by atoms with Crippen LogP contribution in [0.15, 0.2) is 0 Å². The van der Waals surface area contributed by atoms with Crippen molar-refractivity contribution in [3.8, 4) is 0 Å². The van der Waals surface area contributed by atoms with E-state index < -0.39 is 0 Å². The Morgan fingerprint density at radius 2 is 1.79 bits per heavy atom. The summed E-state index contributed by atoms with van der Waals surface area (Å²) in [6.07, 6.45) is 13.5. The van der Waals surface area contributed by atoms with E-state index in [9.17, 15) is 0 Å². The van der Waals surface area contributed by atoms with Gasteiger partial charge in [-0.25, -0.2) is 0 Å². The molecule has 3 rings (SSSR count). The molecule has 19 heavy (non-hydrogen) atoms. The van der Waals surface area contributed by atoms with Crippen molar-refractivity contribution in [1.82, 2.24) is 5.32 Å². The van der Waals surface area contributed by atoms with E-state index in [4.69, 9.17) is 0 Å². The lowest BCUT2D eigenvalue weighted by Gasteiger charge is -2.40. The van der Waals surface area contributed by atoms with Crippen molar-refractivity contribution in [3.63, 3.8) is 0 Å². The maximum atomic E-state index is 3.98. The van der Waals surface area contributed by atoms with Gasteiger partial charge in [-0.05, 0) is 74.7 Å². The molecule has 3 saturated carbocycles. The summed E-state index contributed by atoms with van der Waals surface area (Å²) in [5, 5.41) is 3.98. The van der Waals surface area contributed by atoms with Crippen LogP contribution in [0.1, 0.15) is 71.6 Å². The molecule has 0 aromatic heterocycles. The molecule has 0 aliphatic heterocycles. The minimum atomic E-state index is 0.864. The summed E-state index contributed by atoms with van der Waals surface area (Å²) in [6.45, 7) is 6.00. The fraction of sp³-hybridized carbons (Fsp3) is 1.00. The van der Waals surface area contributed by atoms with Gasteiger partial charge in [-0.1, -0.05) is 33.1 Å². The smallest absolute Gasteiger partial charge is 0.0126 e. The topological polar surface area (TPSA) is 12.0 Å². The Labute approximate surface area is 119 Å². The first-order chi connectivity index (χ1) is 9.28. The highest BCUT2D eigenvalue weighted by molar-refractivity contribution is 4.98. The highest BCUT2D eigenvalue weighted by Gasteiger charge is 2.45. The van der Waals surface area contributed by atoms with Gasteiger partial charge < -0.3 is 5.32 Å². The van der Waals surface area contributed by atoms with Crippen LogP contribution in [-0.2, 0) is 0 Å². The fourth-order valence-electron chi connectivity index (χ4n) is 5.36. The molecule has 0 heterocycles. The summed E-state index contributed by atoms with van der Waals surface area (Å²) < 4.78 is 0. The van der Waals surface area contributed by atoms with Crippen LogP contribution in [-0.4, -0.2) is 12.6 Å². The van der Waals surface area contributed by atoms with Crippen molar-refractivity contribution < 1.29 is 0 Å². The first-order valence-corrected chi connectivity index (χ1v) is 9.01. The summed E-state index contributed by atoms with van der Waals surface area (Å²) in [6, 6.07) is 0.864. The molecule has 0 radical (unpaired) electrons. The van der Waals surface area contributed by atoms with E-state index >= 15 is 0 Å². The lowest BCUT2D eigenvalue weighted by atomic mass is 9.71. The van der Waals surface area contributed by atoms with Crippen LogP contribution in [0.2, 0.25) is 0 Å². The Morgan fingerprint density at radius 1 is 1.00 bits per heavy atom. The van der Waals surface area contributed by atoms with Crippen LogP contribution in [0.25, 0.3) is 0 Å². The van der Waals surface area contributed by atoms with E-state index in [1.807, 2.05) is 0 Å². The highest BCUT2D eigenvalue weighted by atomic mass is 14.9. The van der Waals surface area contributed by atoms with E-state index in [2.05, 4.69) is 19.2 Å². The van der Waals surface area contributed by atoms with Crippen molar-refractivity contribution in [1.29, 1.82) is 0 Å². The molecule has 0 saturated heterocycles. The molecule has 1 heteroatoms. The van der Waals surface area contributed by atoms with E-state index in [1.54, 1.807) is 25.7 Å². The normalized spacial score (nSPS) is 43.6. The predicted molar refractivity (Wildman–Crippen MR) is 82.1 cm³/mol. The van der Waals surface area contributed by atoms with Gasteiger partial charge in [-0.15, -0.1) is 0 Å². The van der Waals surface area contributed by atoms with Gasteiger partial charge in [0, 0.05) is 6.04 Å². The first kappa shape index (κ1) is 13.9. The number of hydrogen-bond acceptors (Lipinski definition) is 1. The third kappa shape index (κ3) is 3.01. The summed E-state index contributed by atoms with van der Waals surface area (Å²) in [5.41, 5.74) is 0. The summed E-state index contributed by atoms with van der Waals surface area (Å²) in [4.78, 5) is 0. The quantitative estimate of drug-likeness (QED) is 0.763. The number of rotatable bonds is 5. The van der Waals surface area contributed by atoms with Crippen LogP contribution in [0.5, 0.6) is 0 Å². The molecule has 110 valence electrons. The van der Waals surface area contributed by atoms with Crippen LogP contribution >= 0.6 is 0 Å². The standard InChI is InChI=1S/C18H33N/c1-3-10-19-18(15-7-4-13(2)5-8-15)17-12-14-6-9-16(17)11-14/h13-19H,3-12H2,1-2H3. The molecule has 0 aromatic carbocycles. The zero-order chi connectivity index (χ0) is 13.2. The molecule has 1 nitrogen and oxygen atoms in total. The average Bonchev–Trinajstić information content (AvgIpc) is 3.04. The van der Waals surface area contributed by atoms with Gasteiger partial charge in [-0.2, -0.15) is 0 Å². The summed E-state index contributed by atoms with van der Waals surface area (Å²) >= 11 is 0. The molecule has 4 atom stereocenters. The first-order valence-electron chi connectivity index (χ1n) is 9.01. The van der Waals surface area contributed by atoms with Crippen molar-refractivity contribution >= 4 is 0 Å². The molecule has 0 amide bonds. The molecule has 0 spiro atoms. The molecular weight excluding hydrogens is 230 g/mol. The minimum absolute atomic E-state index is 0.864. The maximum Gasteiger partial charge on any atom is 0.0126 e. The lowest BCUT2D eigenvalue weighted by Crippen LogP contribution is -2.45.